The van der Waals surface area contributed by atoms with Crippen LogP contribution in [0.5, 0.6) is 0 Å². The molecule has 1 N–H and O–H groups in total. The van der Waals surface area contributed by atoms with Crippen molar-refractivity contribution in [2.45, 2.75) is 32.1 Å². The molecule has 27 heavy (non-hydrogen) atoms. The van der Waals surface area contributed by atoms with Gasteiger partial charge in [0.25, 0.3) is 0 Å². The van der Waals surface area contributed by atoms with E-state index in [1.54, 1.807) is 23.1 Å². The summed E-state index contributed by atoms with van der Waals surface area (Å²) in [6, 6.07) is 6.39. The maximum absolute atomic E-state index is 13.7. The number of piperazine rings is 1. The summed E-state index contributed by atoms with van der Waals surface area (Å²) >= 11 is 0. The van der Waals surface area contributed by atoms with E-state index in [1.165, 1.54) is 6.07 Å². The molecule has 5 nitrogen and oxygen atoms in total. The van der Waals surface area contributed by atoms with Crippen LogP contribution in [0.25, 0.3) is 0 Å². The average molecular weight is 398 g/mol. The number of halogens is 2. The standard InChI is InChI=1S/C20H28FN3O2.ClH/c21-18-4-2-1-3-17(18)15-20(26)24-13-11-23(12-14-24)19(25)6-5-16-7-9-22-10-8-16;/h1-4,16,22H,5-15H2;1H. The van der Waals surface area contributed by atoms with Crippen LogP contribution in [0, 0.1) is 11.7 Å². The summed E-state index contributed by atoms with van der Waals surface area (Å²) in [5, 5.41) is 3.35. The number of carbonyl (C=O) groups is 2. The van der Waals surface area contributed by atoms with E-state index in [9.17, 15) is 14.0 Å². The molecule has 0 atom stereocenters. The van der Waals surface area contributed by atoms with Crippen LogP contribution < -0.4 is 5.32 Å². The number of amides is 2. The summed E-state index contributed by atoms with van der Waals surface area (Å²) in [6.07, 6.45) is 3.97. The first-order chi connectivity index (χ1) is 12.6. The number of hydrogen-bond acceptors (Lipinski definition) is 3. The molecule has 1 aromatic rings. The van der Waals surface area contributed by atoms with Crippen LogP contribution in [0.4, 0.5) is 4.39 Å². The zero-order valence-corrected chi connectivity index (χ0v) is 16.5. The Morgan fingerprint density at radius 2 is 1.59 bits per heavy atom. The van der Waals surface area contributed by atoms with Gasteiger partial charge in [-0.1, -0.05) is 18.2 Å². The van der Waals surface area contributed by atoms with E-state index in [0.29, 0.717) is 44.1 Å². The number of nitrogens with one attached hydrogen (secondary N) is 1. The molecule has 2 amide bonds. The molecular formula is C20H29ClFN3O2. The molecule has 0 radical (unpaired) electrons. The number of carbonyl (C=O) groups excluding carboxylic acids is 2. The first kappa shape index (κ1) is 21.6. The van der Waals surface area contributed by atoms with E-state index in [4.69, 9.17) is 0 Å². The SMILES string of the molecule is Cl.O=C(CCC1CCNCC1)N1CCN(C(=O)Cc2ccccc2F)CC1. The lowest BCUT2D eigenvalue weighted by Gasteiger charge is -2.35. The predicted molar refractivity (Wildman–Crippen MR) is 105 cm³/mol. The van der Waals surface area contributed by atoms with Crippen molar-refractivity contribution < 1.29 is 14.0 Å². The second-order valence-corrected chi connectivity index (χ2v) is 7.26. The van der Waals surface area contributed by atoms with Crippen LogP contribution in [0.15, 0.2) is 24.3 Å². The lowest BCUT2D eigenvalue weighted by molar-refractivity contribution is -0.139. The van der Waals surface area contributed by atoms with Gasteiger partial charge in [0.2, 0.25) is 11.8 Å². The Hall–Kier alpha value is -1.66. The van der Waals surface area contributed by atoms with Crippen LogP contribution in [-0.4, -0.2) is 60.9 Å². The summed E-state index contributed by atoms with van der Waals surface area (Å²) in [7, 11) is 0. The summed E-state index contributed by atoms with van der Waals surface area (Å²) in [5.74, 6) is 0.443. The van der Waals surface area contributed by atoms with Crippen LogP contribution in [0.3, 0.4) is 0 Å². The highest BCUT2D eigenvalue weighted by atomic mass is 35.5. The third-order valence-electron chi connectivity index (χ3n) is 5.51. The van der Waals surface area contributed by atoms with Crippen molar-refractivity contribution in [1.82, 2.24) is 15.1 Å². The molecule has 2 aliphatic rings. The molecular weight excluding hydrogens is 369 g/mol. The van der Waals surface area contributed by atoms with Crippen molar-refractivity contribution in [3.05, 3.63) is 35.6 Å². The van der Waals surface area contributed by atoms with Crippen LogP contribution >= 0.6 is 12.4 Å². The van der Waals surface area contributed by atoms with Gasteiger partial charge in [-0.05, 0) is 49.9 Å². The first-order valence-electron chi connectivity index (χ1n) is 9.63. The zero-order chi connectivity index (χ0) is 18.4. The Kier molecular flexibility index (Phi) is 8.51. The topological polar surface area (TPSA) is 52.7 Å². The minimum absolute atomic E-state index is 0. The van der Waals surface area contributed by atoms with Crippen molar-refractivity contribution >= 4 is 24.2 Å². The molecule has 2 aliphatic heterocycles. The van der Waals surface area contributed by atoms with Gasteiger partial charge in [0, 0.05) is 32.6 Å². The van der Waals surface area contributed by atoms with Gasteiger partial charge in [-0.3, -0.25) is 9.59 Å². The molecule has 3 rings (SSSR count). The van der Waals surface area contributed by atoms with E-state index >= 15 is 0 Å². The minimum Gasteiger partial charge on any atom is -0.339 e. The Morgan fingerprint density at radius 3 is 2.22 bits per heavy atom. The second kappa shape index (κ2) is 10.6. The molecule has 2 heterocycles. The van der Waals surface area contributed by atoms with Crippen molar-refractivity contribution in [2.24, 2.45) is 5.92 Å². The van der Waals surface area contributed by atoms with Gasteiger partial charge in [-0.25, -0.2) is 4.39 Å². The normalized spacial score (nSPS) is 18.1. The largest absolute Gasteiger partial charge is 0.339 e. The summed E-state index contributed by atoms with van der Waals surface area (Å²) < 4.78 is 13.7. The minimum atomic E-state index is -0.340. The van der Waals surface area contributed by atoms with Gasteiger partial charge in [0.1, 0.15) is 5.82 Å². The van der Waals surface area contributed by atoms with Crippen LogP contribution in [0.2, 0.25) is 0 Å². The Labute approximate surface area is 166 Å². The third-order valence-corrected chi connectivity index (χ3v) is 5.51. The van der Waals surface area contributed by atoms with Gasteiger partial charge in [-0.2, -0.15) is 0 Å². The molecule has 0 aromatic heterocycles. The maximum Gasteiger partial charge on any atom is 0.227 e. The highest BCUT2D eigenvalue weighted by Crippen LogP contribution is 2.19. The molecule has 0 saturated carbocycles. The Bertz CT molecular complexity index is 629. The zero-order valence-electron chi connectivity index (χ0n) is 15.7. The molecule has 150 valence electrons. The maximum atomic E-state index is 13.7. The summed E-state index contributed by atoms with van der Waals surface area (Å²) in [5.41, 5.74) is 0.429. The number of hydrogen-bond donors (Lipinski definition) is 1. The third kappa shape index (κ3) is 6.18. The lowest BCUT2D eigenvalue weighted by Crippen LogP contribution is -2.51. The molecule has 0 spiro atoms. The van der Waals surface area contributed by atoms with E-state index in [-0.39, 0.29) is 36.5 Å². The highest BCUT2D eigenvalue weighted by molar-refractivity contribution is 5.85. The number of piperidine rings is 1. The fourth-order valence-electron chi connectivity index (χ4n) is 3.78. The molecule has 0 aliphatic carbocycles. The van der Waals surface area contributed by atoms with Gasteiger partial charge >= 0.3 is 0 Å². The molecule has 2 saturated heterocycles. The van der Waals surface area contributed by atoms with Crippen molar-refractivity contribution in [3.63, 3.8) is 0 Å². The summed E-state index contributed by atoms with van der Waals surface area (Å²) in [4.78, 5) is 28.4. The fourth-order valence-corrected chi connectivity index (χ4v) is 3.78. The Balaban J connectivity index is 0.00000261. The van der Waals surface area contributed by atoms with Gasteiger partial charge in [0.15, 0.2) is 0 Å². The number of nitrogens with zero attached hydrogens (tertiary/aromatic N) is 2. The lowest BCUT2D eigenvalue weighted by atomic mass is 9.93. The van der Waals surface area contributed by atoms with Crippen molar-refractivity contribution in [2.75, 3.05) is 39.3 Å². The number of benzene rings is 1. The quantitative estimate of drug-likeness (QED) is 0.829. The van der Waals surface area contributed by atoms with Gasteiger partial charge in [0.05, 0.1) is 6.42 Å². The Morgan fingerprint density at radius 1 is 1.00 bits per heavy atom. The van der Waals surface area contributed by atoms with Crippen molar-refractivity contribution in [1.29, 1.82) is 0 Å². The molecule has 1 aromatic carbocycles. The molecule has 2 fully saturated rings. The fraction of sp³-hybridized carbons (Fsp3) is 0.600. The average Bonchev–Trinajstić information content (AvgIpc) is 2.69. The van der Waals surface area contributed by atoms with E-state index in [2.05, 4.69) is 5.32 Å². The van der Waals surface area contributed by atoms with Gasteiger partial charge < -0.3 is 15.1 Å². The molecule has 0 bridgehead atoms. The predicted octanol–water partition coefficient (Wildman–Crippen LogP) is 2.24. The number of rotatable bonds is 5. The summed E-state index contributed by atoms with van der Waals surface area (Å²) in [6.45, 7) is 4.34. The highest BCUT2D eigenvalue weighted by Gasteiger charge is 2.25. The molecule has 0 unspecified atom stereocenters. The van der Waals surface area contributed by atoms with Gasteiger partial charge in [-0.15, -0.1) is 12.4 Å². The second-order valence-electron chi connectivity index (χ2n) is 7.26. The van der Waals surface area contributed by atoms with Crippen LogP contribution in [0.1, 0.15) is 31.2 Å². The smallest absolute Gasteiger partial charge is 0.227 e. The van der Waals surface area contributed by atoms with Crippen molar-refractivity contribution in [3.8, 4) is 0 Å². The first-order valence-corrected chi connectivity index (χ1v) is 9.63. The van der Waals surface area contributed by atoms with Crippen LogP contribution in [-0.2, 0) is 16.0 Å². The molecule has 7 heteroatoms. The monoisotopic (exact) mass is 397 g/mol. The van der Waals surface area contributed by atoms with E-state index < -0.39 is 0 Å². The van der Waals surface area contributed by atoms with E-state index in [1.807, 2.05) is 4.90 Å². The van der Waals surface area contributed by atoms with E-state index in [0.717, 1.165) is 32.4 Å².